The van der Waals surface area contributed by atoms with E-state index < -0.39 is 6.17 Å². The van der Waals surface area contributed by atoms with E-state index in [9.17, 15) is 4.39 Å². The van der Waals surface area contributed by atoms with Gasteiger partial charge in [-0.25, -0.2) is 4.39 Å². The van der Waals surface area contributed by atoms with Gasteiger partial charge in [-0.05, 0) is 53.5 Å². The molecule has 0 aromatic carbocycles. The Labute approximate surface area is 104 Å². The molecule has 2 fully saturated rings. The molecule has 0 aliphatic carbocycles. The Kier molecular flexibility index (Phi) is 3.52. The zero-order chi connectivity index (χ0) is 12.7. The van der Waals surface area contributed by atoms with Crippen molar-refractivity contribution in [1.29, 1.82) is 0 Å². The molecular formula is C14H26FNO. The van der Waals surface area contributed by atoms with Crippen LogP contribution >= 0.6 is 0 Å². The maximum atomic E-state index is 14.7. The molecule has 3 heteroatoms. The maximum absolute atomic E-state index is 14.7. The fraction of sp³-hybridized carbons (Fsp3) is 1.00. The molecule has 0 saturated carbocycles. The standard InChI is InChI=1S/C14H26FNO/c1-13(2)8-11(14(3,4)17-13)12(15)10-6-5-7-16-9-10/h10-12,16H,5-9H2,1-4H3. The van der Waals surface area contributed by atoms with Gasteiger partial charge >= 0.3 is 0 Å². The molecular weight excluding hydrogens is 217 g/mol. The third-order valence-corrected chi connectivity index (χ3v) is 4.31. The number of hydrogen-bond donors (Lipinski definition) is 1. The predicted molar refractivity (Wildman–Crippen MR) is 67.8 cm³/mol. The van der Waals surface area contributed by atoms with Crippen LogP contribution in [0.4, 0.5) is 4.39 Å². The van der Waals surface area contributed by atoms with Crippen molar-refractivity contribution in [3.05, 3.63) is 0 Å². The van der Waals surface area contributed by atoms with E-state index in [2.05, 4.69) is 19.2 Å². The first-order chi connectivity index (χ1) is 7.82. The summed E-state index contributed by atoms with van der Waals surface area (Å²) < 4.78 is 20.7. The summed E-state index contributed by atoms with van der Waals surface area (Å²) in [5, 5.41) is 3.31. The number of rotatable bonds is 2. The Bertz CT molecular complexity index is 271. The van der Waals surface area contributed by atoms with Crippen molar-refractivity contribution in [3.8, 4) is 0 Å². The summed E-state index contributed by atoms with van der Waals surface area (Å²) in [7, 11) is 0. The van der Waals surface area contributed by atoms with E-state index in [-0.39, 0.29) is 23.0 Å². The van der Waals surface area contributed by atoms with E-state index in [4.69, 9.17) is 4.74 Å². The highest BCUT2D eigenvalue weighted by atomic mass is 19.1. The van der Waals surface area contributed by atoms with Crippen LogP contribution in [0.15, 0.2) is 0 Å². The zero-order valence-electron chi connectivity index (χ0n) is 11.6. The fourth-order valence-electron chi connectivity index (χ4n) is 3.58. The van der Waals surface area contributed by atoms with Gasteiger partial charge in [0, 0.05) is 18.4 Å². The highest BCUT2D eigenvalue weighted by molar-refractivity contribution is 4.99. The molecule has 2 saturated heterocycles. The molecule has 0 aromatic heterocycles. The second-order valence-electron chi connectivity index (χ2n) is 6.83. The lowest BCUT2D eigenvalue weighted by molar-refractivity contribution is -0.0854. The van der Waals surface area contributed by atoms with E-state index in [0.717, 1.165) is 32.4 Å². The number of alkyl halides is 1. The summed E-state index contributed by atoms with van der Waals surface area (Å²) in [6.07, 6.45) is 2.21. The molecule has 2 aliphatic heterocycles. The molecule has 0 amide bonds. The van der Waals surface area contributed by atoms with Crippen LogP contribution in [0.5, 0.6) is 0 Å². The summed E-state index contributed by atoms with van der Waals surface area (Å²) in [5.41, 5.74) is -0.513. The molecule has 100 valence electrons. The summed E-state index contributed by atoms with van der Waals surface area (Å²) in [6.45, 7) is 10.1. The average molecular weight is 243 g/mol. The first-order valence-corrected chi connectivity index (χ1v) is 6.87. The Balaban J connectivity index is 2.05. The van der Waals surface area contributed by atoms with E-state index in [1.165, 1.54) is 0 Å². The van der Waals surface area contributed by atoms with Crippen molar-refractivity contribution >= 4 is 0 Å². The third-order valence-electron chi connectivity index (χ3n) is 4.31. The third kappa shape index (κ3) is 2.82. The van der Waals surface area contributed by atoms with Gasteiger partial charge in [0.25, 0.3) is 0 Å². The first-order valence-electron chi connectivity index (χ1n) is 6.87. The minimum atomic E-state index is -0.737. The number of piperidine rings is 1. The molecule has 17 heavy (non-hydrogen) atoms. The van der Waals surface area contributed by atoms with Gasteiger partial charge in [0.2, 0.25) is 0 Å². The predicted octanol–water partition coefficient (Wildman–Crippen LogP) is 2.92. The molecule has 2 heterocycles. The molecule has 2 aliphatic rings. The van der Waals surface area contributed by atoms with Crippen LogP contribution in [0.2, 0.25) is 0 Å². The lowest BCUT2D eigenvalue weighted by Gasteiger charge is -2.34. The highest BCUT2D eigenvalue weighted by Gasteiger charge is 2.51. The van der Waals surface area contributed by atoms with Crippen molar-refractivity contribution in [3.63, 3.8) is 0 Å². The van der Waals surface area contributed by atoms with Gasteiger partial charge in [0.1, 0.15) is 6.17 Å². The van der Waals surface area contributed by atoms with Gasteiger partial charge in [-0.1, -0.05) is 0 Å². The van der Waals surface area contributed by atoms with E-state index in [1.807, 2.05) is 13.8 Å². The van der Waals surface area contributed by atoms with Gasteiger partial charge < -0.3 is 10.1 Å². The highest BCUT2D eigenvalue weighted by Crippen LogP contribution is 2.46. The molecule has 1 N–H and O–H groups in total. The molecule has 0 spiro atoms. The number of nitrogens with one attached hydrogen (secondary N) is 1. The van der Waals surface area contributed by atoms with Gasteiger partial charge in [0.15, 0.2) is 0 Å². The molecule has 2 rings (SSSR count). The Morgan fingerprint density at radius 2 is 2.00 bits per heavy atom. The SMILES string of the molecule is CC1(C)CC(C(F)C2CCCNC2)C(C)(C)O1. The first kappa shape index (κ1) is 13.3. The molecule has 3 unspecified atom stereocenters. The van der Waals surface area contributed by atoms with Crippen LogP contribution < -0.4 is 5.32 Å². The van der Waals surface area contributed by atoms with E-state index in [0.29, 0.717) is 0 Å². The minimum Gasteiger partial charge on any atom is -0.369 e. The van der Waals surface area contributed by atoms with Crippen LogP contribution in [0.1, 0.15) is 47.0 Å². The molecule has 0 aromatic rings. The summed E-state index contributed by atoms with van der Waals surface area (Å²) >= 11 is 0. The summed E-state index contributed by atoms with van der Waals surface area (Å²) in [4.78, 5) is 0. The average Bonchev–Trinajstić information content (AvgIpc) is 2.47. The number of hydrogen-bond acceptors (Lipinski definition) is 2. The second-order valence-corrected chi connectivity index (χ2v) is 6.83. The largest absolute Gasteiger partial charge is 0.369 e. The zero-order valence-corrected chi connectivity index (χ0v) is 11.6. The van der Waals surface area contributed by atoms with Crippen LogP contribution in [0.25, 0.3) is 0 Å². The quantitative estimate of drug-likeness (QED) is 0.805. The van der Waals surface area contributed by atoms with E-state index >= 15 is 0 Å². The van der Waals surface area contributed by atoms with Crippen molar-refractivity contribution in [2.75, 3.05) is 13.1 Å². The smallest absolute Gasteiger partial charge is 0.110 e. The Morgan fingerprint density at radius 1 is 1.29 bits per heavy atom. The molecule has 0 radical (unpaired) electrons. The van der Waals surface area contributed by atoms with Gasteiger partial charge in [0.05, 0.1) is 11.2 Å². The van der Waals surface area contributed by atoms with Crippen molar-refractivity contribution in [2.45, 2.75) is 64.3 Å². The van der Waals surface area contributed by atoms with Crippen LogP contribution in [0.3, 0.4) is 0 Å². The van der Waals surface area contributed by atoms with Gasteiger partial charge in [-0.3, -0.25) is 0 Å². The van der Waals surface area contributed by atoms with Crippen molar-refractivity contribution < 1.29 is 9.13 Å². The minimum absolute atomic E-state index is 0.0300. The summed E-state index contributed by atoms with van der Waals surface area (Å²) in [5.74, 6) is 0.202. The molecule has 2 nitrogen and oxygen atoms in total. The van der Waals surface area contributed by atoms with Gasteiger partial charge in [-0.15, -0.1) is 0 Å². The molecule has 0 bridgehead atoms. The lowest BCUT2D eigenvalue weighted by Crippen LogP contribution is -2.43. The number of ether oxygens (including phenoxy) is 1. The topological polar surface area (TPSA) is 21.3 Å². The van der Waals surface area contributed by atoms with Crippen molar-refractivity contribution in [2.24, 2.45) is 11.8 Å². The maximum Gasteiger partial charge on any atom is 0.110 e. The Hall–Kier alpha value is -0.150. The van der Waals surface area contributed by atoms with E-state index in [1.54, 1.807) is 0 Å². The van der Waals surface area contributed by atoms with Crippen LogP contribution in [-0.2, 0) is 4.74 Å². The molecule has 3 atom stereocenters. The lowest BCUT2D eigenvalue weighted by atomic mass is 9.77. The normalized spacial score (nSPS) is 37.9. The fourth-order valence-corrected chi connectivity index (χ4v) is 3.58. The Morgan fingerprint density at radius 3 is 2.47 bits per heavy atom. The van der Waals surface area contributed by atoms with Gasteiger partial charge in [-0.2, -0.15) is 0 Å². The van der Waals surface area contributed by atoms with Crippen molar-refractivity contribution in [1.82, 2.24) is 5.32 Å². The van der Waals surface area contributed by atoms with Crippen LogP contribution in [0, 0.1) is 11.8 Å². The monoisotopic (exact) mass is 243 g/mol. The second kappa shape index (κ2) is 4.51. The van der Waals surface area contributed by atoms with Crippen LogP contribution in [-0.4, -0.2) is 30.5 Å². The summed E-state index contributed by atoms with van der Waals surface area (Å²) in [6, 6.07) is 0. The number of halogens is 1.